The molecule has 4 saturated carbocycles. The van der Waals surface area contributed by atoms with Gasteiger partial charge in [-0.25, -0.2) is 0 Å². The number of carbonyl (C=O) groups excluding carboxylic acids is 1. The van der Waals surface area contributed by atoms with E-state index in [1.165, 1.54) is 0 Å². The topological polar surface area (TPSA) is 49.8 Å². The van der Waals surface area contributed by atoms with Crippen molar-refractivity contribution in [3.63, 3.8) is 0 Å². The van der Waals surface area contributed by atoms with Crippen molar-refractivity contribution in [2.45, 2.75) is 64.0 Å². The van der Waals surface area contributed by atoms with E-state index in [4.69, 9.17) is 27.9 Å². The Labute approximate surface area is 183 Å². The van der Waals surface area contributed by atoms with Crippen LogP contribution in [0.4, 0.5) is 0 Å². The van der Waals surface area contributed by atoms with E-state index in [2.05, 4.69) is 0 Å². The molecule has 0 spiro atoms. The van der Waals surface area contributed by atoms with E-state index in [-0.39, 0.29) is 11.9 Å². The van der Waals surface area contributed by atoms with E-state index in [1.807, 2.05) is 25.8 Å². The molecule has 0 aromatic heterocycles. The molecule has 0 radical (unpaired) electrons. The zero-order chi connectivity index (χ0) is 21.0. The van der Waals surface area contributed by atoms with Gasteiger partial charge in [0.15, 0.2) is 0 Å². The number of nitrogens with zero attached hydrogens (tertiary/aromatic N) is 1. The van der Waals surface area contributed by atoms with E-state index >= 15 is 0 Å². The summed E-state index contributed by atoms with van der Waals surface area (Å²) in [6, 6.07) is 5.41. The van der Waals surface area contributed by atoms with Crippen LogP contribution in [0.1, 0.15) is 52.4 Å². The number of hydrogen-bond acceptors (Lipinski definition) is 3. The lowest BCUT2D eigenvalue weighted by Gasteiger charge is -2.60. The fourth-order valence-corrected chi connectivity index (χ4v) is 6.78. The smallest absolute Gasteiger partial charge is 0.228 e. The van der Waals surface area contributed by atoms with Crippen LogP contribution in [0.25, 0.3) is 0 Å². The van der Waals surface area contributed by atoms with Gasteiger partial charge in [-0.15, -0.1) is 0 Å². The van der Waals surface area contributed by atoms with Gasteiger partial charge in [-0.3, -0.25) is 4.79 Å². The number of ether oxygens (including phenoxy) is 1. The normalized spacial score (nSPS) is 33.0. The average Bonchev–Trinajstić information content (AvgIpc) is 2.61. The van der Waals surface area contributed by atoms with E-state index in [9.17, 15) is 9.90 Å². The van der Waals surface area contributed by atoms with Gasteiger partial charge in [0, 0.05) is 23.5 Å². The lowest BCUT2D eigenvalue weighted by Crippen LogP contribution is -2.62. The maximum Gasteiger partial charge on any atom is 0.228 e. The van der Waals surface area contributed by atoms with Crippen LogP contribution in [0, 0.1) is 23.2 Å². The molecule has 160 valence electrons. The zero-order valence-electron chi connectivity index (χ0n) is 17.5. The predicted octanol–water partition coefficient (Wildman–Crippen LogP) is 5.19. The average molecular weight is 440 g/mol. The minimum Gasteiger partial charge on any atom is -0.492 e. The lowest BCUT2D eigenvalue weighted by atomic mass is 9.52. The molecule has 0 heterocycles. The maximum absolute atomic E-state index is 13.4. The second-order valence-electron chi connectivity index (χ2n) is 10.2. The summed E-state index contributed by atoms with van der Waals surface area (Å²) >= 11 is 12.1. The highest BCUT2D eigenvalue weighted by atomic mass is 35.5. The quantitative estimate of drug-likeness (QED) is 0.663. The van der Waals surface area contributed by atoms with Gasteiger partial charge < -0.3 is 14.7 Å². The molecule has 2 atom stereocenters. The van der Waals surface area contributed by atoms with Gasteiger partial charge in [-0.05, 0) is 74.5 Å². The Kier molecular flexibility index (Phi) is 5.59. The minimum atomic E-state index is -0.529. The third-order valence-corrected chi connectivity index (χ3v) is 7.95. The summed E-state index contributed by atoms with van der Waals surface area (Å²) < 4.78 is 5.82. The largest absolute Gasteiger partial charge is 0.492 e. The number of halogens is 2. The van der Waals surface area contributed by atoms with Gasteiger partial charge in [0.05, 0.1) is 17.2 Å². The van der Waals surface area contributed by atoms with Gasteiger partial charge in [-0.2, -0.15) is 0 Å². The highest BCUT2D eigenvalue weighted by molar-refractivity contribution is 6.35. The fourth-order valence-electron chi connectivity index (χ4n) is 6.32. The lowest BCUT2D eigenvalue weighted by molar-refractivity contribution is -0.172. The number of amides is 1. The maximum atomic E-state index is 13.4. The summed E-state index contributed by atoms with van der Waals surface area (Å²) in [4.78, 5) is 15.4. The summed E-state index contributed by atoms with van der Waals surface area (Å²) in [6.07, 6.45) is 5.56. The van der Waals surface area contributed by atoms with Crippen molar-refractivity contribution >= 4 is 29.1 Å². The van der Waals surface area contributed by atoms with Crippen LogP contribution < -0.4 is 4.74 Å². The van der Waals surface area contributed by atoms with Crippen LogP contribution in [0.3, 0.4) is 0 Å². The third kappa shape index (κ3) is 4.13. The molecule has 6 heteroatoms. The fraction of sp³-hybridized carbons (Fsp3) is 0.696. The first-order chi connectivity index (χ1) is 13.6. The molecule has 4 aliphatic rings. The summed E-state index contributed by atoms with van der Waals surface area (Å²) in [5.41, 5.74) is -1.00. The Bertz CT molecular complexity index is 780. The molecule has 4 aliphatic carbocycles. The highest BCUT2D eigenvalue weighted by Crippen LogP contribution is 2.57. The second-order valence-corrected chi connectivity index (χ2v) is 11.0. The van der Waals surface area contributed by atoms with E-state index in [0.29, 0.717) is 46.6 Å². The molecular weight excluding hydrogens is 409 g/mol. The van der Waals surface area contributed by atoms with Crippen molar-refractivity contribution in [1.82, 2.24) is 4.90 Å². The van der Waals surface area contributed by atoms with Crippen LogP contribution in [-0.2, 0) is 4.79 Å². The van der Waals surface area contributed by atoms with Crippen molar-refractivity contribution in [1.29, 1.82) is 0 Å². The first-order valence-corrected chi connectivity index (χ1v) is 11.4. The highest BCUT2D eigenvalue weighted by Gasteiger charge is 2.56. The Morgan fingerprint density at radius 3 is 2.48 bits per heavy atom. The Balaban J connectivity index is 1.37. The van der Waals surface area contributed by atoms with Crippen LogP contribution >= 0.6 is 23.2 Å². The second kappa shape index (κ2) is 7.62. The molecule has 4 nitrogen and oxygen atoms in total. The van der Waals surface area contributed by atoms with Gasteiger partial charge >= 0.3 is 0 Å². The molecule has 4 fully saturated rings. The Morgan fingerprint density at radius 2 is 1.90 bits per heavy atom. The van der Waals surface area contributed by atoms with E-state index in [0.717, 1.165) is 32.1 Å². The first kappa shape index (κ1) is 21.3. The van der Waals surface area contributed by atoms with Crippen LogP contribution in [0.2, 0.25) is 10.0 Å². The molecule has 1 aromatic rings. The Hall–Kier alpha value is -0.970. The molecular formula is C23H31Cl2NO3. The summed E-state index contributed by atoms with van der Waals surface area (Å²) in [5, 5.41) is 11.9. The molecule has 29 heavy (non-hydrogen) atoms. The van der Waals surface area contributed by atoms with Crippen molar-refractivity contribution in [2.75, 3.05) is 13.7 Å². The Morgan fingerprint density at radius 1 is 1.24 bits per heavy atom. The van der Waals surface area contributed by atoms with E-state index in [1.54, 1.807) is 18.2 Å². The molecule has 0 aliphatic heterocycles. The summed E-state index contributed by atoms with van der Waals surface area (Å²) in [7, 11) is 1.96. The summed E-state index contributed by atoms with van der Waals surface area (Å²) in [6.45, 7) is 4.39. The predicted molar refractivity (Wildman–Crippen MR) is 115 cm³/mol. The molecule has 2 unspecified atom stereocenters. The number of hydrogen-bond donors (Lipinski definition) is 1. The van der Waals surface area contributed by atoms with Crippen LogP contribution in [0.15, 0.2) is 18.2 Å². The number of carbonyl (C=O) groups is 1. The van der Waals surface area contributed by atoms with Crippen molar-refractivity contribution in [3.05, 3.63) is 28.2 Å². The zero-order valence-corrected chi connectivity index (χ0v) is 19.0. The third-order valence-electron chi connectivity index (χ3n) is 7.42. The van der Waals surface area contributed by atoms with Gasteiger partial charge in [0.1, 0.15) is 5.75 Å². The minimum absolute atomic E-state index is 0.160. The van der Waals surface area contributed by atoms with Crippen molar-refractivity contribution < 1.29 is 14.6 Å². The monoisotopic (exact) mass is 439 g/mol. The van der Waals surface area contributed by atoms with Crippen molar-refractivity contribution in [3.8, 4) is 5.75 Å². The van der Waals surface area contributed by atoms with Gasteiger partial charge in [0.25, 0.3) is 0 Å². The summed E-state index contributed by atoms with van der Waals surface area (Å²) in [5.74, 6) is 2.25. The standard InChI is InChI=1S/C23H31Cl2NO3/c1-22(2,6-7-29-19-5-4-17(24)10-18(19)25)21(27)26(3)20-15-8-14-9-16(20)13-23(28,11-14)12-15/h4-5,10,14-16,20,28H,6-9,11-13H2,1-3H3. The number of rotatable bonds is 6. The van der Waals surface area contributed by atoms with Crippen LogP contribution in [-0.4, -0.2) is 41.2 Å². The molecule has 1 amide bonds. The SMILES string of the molecule is CN(C(=O)C(C)(C)CCOc1ccc(Cl)cc1Cl)C1C2CC3CC1CC(O)(C3)C2. The molecule has 1 aromatic carbocycles. The molecule has 4 bridgehead atoms. The molecule has 5 rings (SSSR count). The van der Waals surface area contributed by atoms with Crippen molar-refractivity contribution in [2.24, 2.45) is 23.2 Å². The van der Waals surface area contributed by atoms with Gasteiger partial charge in [-0.1, -0.05) is 37.0 Å². The molecule has 1 N–H and O–H groups in total. The number of aliphatic hydroxyl groups is 1. The molecule has 0 saturated heterocycles. The van der Waals surface area contributed by atoms with Gasteiger partial charge in [0.2, 0.25) is 5.91 Å². The van der Waals surface area contributed by atoms with E-state index < -0.39 is 11.0 Å². The number of benzene rings is 1. The van der Waals surface area contributed by atoms with Crippen LogP contribution in [0.5, 0.6) is 5.75 Å². The first-order valence-electron chi connectivity index (χ1n) is 10.7.